The summed E-state index contributed by atoms with van der Waals surface area (Å²) in [7, 11) is 0. The van der Waals surface area contributed by atoms with Gasteiger partial charge in [-0.05, 0) is 90.5 Å². The largest absolute Gasteiger partial charge is 0.455 e. The van der Waals surface area contributed by atoms with Crippen LogP contribution >= 0.6 is 0 Å². The minimum atomic E-state index is 0.629. The van der Waals surface area contributed by atoms with E-state index in [-0.39, 0.29) is 0 Å². The summed E-state index contributed by atoms with van der Waals surface area (Å²) in [5.41, 5.74) is 11.4. The average Bonchev–Trinajstić information content (AvgIpc) is 3.70. The van der Waals surface area contributed by atoms with E-state index in [4.69, 9.17) is 19.4 Å². The molecule has 0 unspecified atom stereocenters. The minimum absolute atomic E-state index is 0.629. The van der Waals surface area contributed by atoms with E-state index in [9.17, 15) is 0 Å². The molecule has 0 bridgehead atoms. The fourth-order valence-corrected chi connectivity index (χ4v) is 8.90. The van der Waals surface area contributed by atoms with Crippen molar-refractivity contribution < 1.29 is 4.42 Å². The molecule has 4 nitrogen and oxygen atoms in total. The van der Waals surface area contributed by atoms with Crippen molar-refractivity contribution >= 4 is 54.3 Å². The van der Waals surface area contributed by atoms with Gasteiger partial charge in [0.15, 0.2) is 17.5 Å². The lowest BCUT2D eigenvalue weighted by Gasteiger charge is -2.13. The third-order valence-electron chi connectivity index (χ3n) is 11.9. The van der Waals surface area contributed by atoms with Crippen molar-refractivity contribution in [2.45, 2.75) is 0 Å². The Morgan fingerprint density at radius 2 is 0.820 bits per heavy atom. The first-order valence-electron chi connectivity index (χ1n) is 20.6. The third kappa shape index (κ3) is 6.04. The van der Waals surface area contributed by atoms with E-state index in [1.165, 1.54) is 27.3 Å². The van der Waals surface area contributed by atoms with Crippen LogP contribution in [0.5, 0.6) is 0 Å². The summed E-state index contributed by atoms with van der Waals surface area (Å²) in [4.78, 5) is 15.3. The summed E-state index contributed by atoms with van der Waals surface area (Å²) in [5, 5.41) is 9.03. The van der Waals surface area contributed by atoms with Gasteiger partial charge >= 0.3 is 0 Å². The Hall–Kier alpha value is -8.21. The molecule has 2 aromatic heterocycles. The van der Waals surface area contributed by atoms with Crippen LogP contribution in [0, 0.1) is 0 Å². The van der Waals surface area contributed by atoms with E-state index >= 15 is 0 Å². The van der Waals surface area contributed by atoms with Gasteiger partial charge in [-0.2, -0.15) is 0 Å². The van der Waals surface area contributed by atoms with E-state index in [0.29, 0.717) is 17.5 Å². The number of aromatic nitrogens is 3. The molecule has 0 N–H and O–H groups in total. The minimum Gasteiger partial charge on any atom is -0.455 e. The molecule has 12 rings (SSSR count). The maximum absolute atomic E-state index is 6.94. The number of furan rings is 1. The van der Waals surface area contributed by atoms with Gasteiger partial charge in [0.1, 0.15) is 11.2 Å². The van der Waals surface area contributed by atoms with Crippen molar-refractivity contribution in [3.8, 4) is 67.5 Å². The van der Waals surface area contributed by atoms with Crippen LogP contribution in [0.15, 0.2) is 217 Å². The van der Waals surface area contributed by atoms with E-state index in [1.807, 2.05) is 30.3 Å². The van der Waals surface area contributed by atoms with Gasteiger partial charge in [-0.3, -0.25) is 0 Å². The molecule has 0 spiro atoms. The summed E-state index contributed by atoms with van der Waals surface area (Å²) in [6.07, 6.45) is 0. The number of benzene rings is 10. The van der Waals surface area contributed by atoms with Crippen molar-refractivity contribution in [1.29, 1.82) is 0 Å². The highest BCUT2D eigenvalue weighted by Crippen LogP contribution is 2.43. The summed E-state index contributed by atoms with van der Waals surface area (Å²) in [6, 6.07) is 74.6. The zero-order valence-corrected chi connectivity index (χ0v) is 33.0. The SMILES string of the molecule is c1ccc(-c2ccc(-c3c4ccccc4cc4c3oc3cc(-c5ccc(-c6nc(-c7ccccc7)nc(-c7ccc8ccccc8c7)n6)c6ccccc56)ccc34)cc2)cc1. The molecule has 0 saturated heterocycles. The van der Waals surface area contributed by atoms with Crippen LogP contribution in [-0.2, 0) is 0 Å². The summed E-state index contributed by atoms with van der Waals surface area (Å²) >= 11 is 0. The molecule has 0 atom stereocenters. The van der Waals surface area contributed by atoms with Gasteiger partial charge in [0.05, 0.1) is 0 Å². The van der Waals surface area contributed by atoms with Gasteiger partial charge in [-0.1, -0.05) is 182 Å². The van der Waals surface area contributed by atoms with Crippen molar-refractivity contribution in [1.82, 2.24) is 15.0 Å². The average molecular weight is 778 g/mol. The number of fused-ring (bicyclic) bond motifs is 6. The Morgan fingerprint density at radius 1 is 0.279 bits per heavy atom. The fraction of sp³-hybridized carbons (Fsp3) is 0. The Balaban J connectivity index is 0.996. The molecule has 0 aliphatic heterocycles. The second-order valence-electron chi connectivity index (χ2n) is 15.5. The Morgan fingerprint density at radius 3 is 1.59 bits per heavy atom. The Labute approximate surface area is 352 Å². The molecule has 61 heavy (non-hydrogen) atoms. The molecule has 2 heterocycles. The second kappa shape index (κ2) is 14.3. The molecule has 10 aromatic carbocycles. The standard InChI is InChI=1S/C57H35N3O/c1-3-13-36(14-4-1)38-23-26-39(27-24-38)53-46-20-10-9-19-42(46)34-51-49-30-29-43(35-52(49)61-54(51)53)45-31-32-50(48-22-12-11-21-47(45)48)57-59-55(40-16-5-2-6-17-40)58-56(60-57)44-28-25-37-15-7-8-18-41(37)33-44/h1-35H. The van der Waals surface area contributed by atoms with Gasteiger partial charge in [0.2, 0.25) is 0 Å². The number of nitrogens with zero attached hydrogens (tertiary/aromatic N) is 3. The molecule has 0 saturated carbocycles. The maximum Gasteiger partial charge on any atom is 0.164 e. The lowest BCUT2D eigenvalue weighted by molar-refractivity contribution is 0.670. The number of rotatable bonds is 6. The van der Waals surface area contributed by atoms with E-state index in [2.05, 4.69) is 182 Å². The quantitative estimate of drug-likeness (QED) is 0.169. The van der Waals surface area contributed by atoms with E-state index < -0.39 is 0 Å². The van der Waals surface area contributed by atoms with Gasteiger partial charge in [0.25, 0.3) is 0 Å². The predicted molar refractivity (Wildman–Crippen MR) is 252 cm³/mol. The normalized spacial score (nSPS) is 11.6. The van der Waals surface area contributed by atoms with Gasteiger partial charge in [-0.15, -0.1) is 0 Å². The van der Waals surface area contributed by atoms with Crippen LogP contribution in [0.25, 0.3) is 122 Å². The zero-order chi connectivity index (χ0) is 40.3. The molecule has 12 aromatic rings. The Bertz CT molecular complexity index is 3630. The molecule has 0 aliphatic rings. The zero-order valence-electron chi connectivity index (χ0n) is 33.0. The molecular formula is C57H35N3O. The van der Waals surface area contributed by atoms with Gasteiger partial charge in [-0.25, -0.2) is 15.0 Å². The highest BCUT2D eigenvalue weighted by atomic mass is 16.3. The van der Waals surface area contributed by atoms with Crippen LogP contribution < -0.4 is 0 Å². The first-order valence-corrected chi connectivity index (χ1v) is 20.6. The lowest BCUT2D eigenvalue weighted by Crippen LogP contribution is -2.00. The summed E-state index contributed by atoms with van der Waals surface area (Å²) < 4.78 is 6.94. The molecule has 4 heteroatoms. The lowest BCUT2D eigenvalue weighted by atomic mass is 9.93. The smallest absolute Gasteiger partial charge is 0.164 e. The number of hydrogen-bond acceptors (Lipinski definition) is 4. The van der Waals surface area contributed by atoms with Gasteiger partial charge < -0.3 is 4.42 Å². The van der Waals surface area contributed by atoms with Crippen LogP contribution in [0.2, 0.25) is 0 Å². The monoisotopic (exact) mass is 777 g/mol. The van der Waals surface area contributed by atoms with Crippen molar-refractivity contribution in [3.05, 3.63) is 212 Å². The highest BCUT2D eigenvalue weighted by Gasteiger charge is 2.20. The van der Waals surface area contributed by atoms with Gasteiger partial charge in [0, 0.05) is 33.0 Å². The summed E-state index contributed by atoms with van der Waals surface area (Å²) in [5.74, 6) is 1.90. The van der Waals surface area contributed by atoms with Crippen LogP contribution in [0.1, 0.15) is 0 Å². The molecular weight excluding hydrogens is 743 g/mol. The summed E-state index contributed by atoms with van der Waals surface area (Å²) in [6.45, 7) is 0. The highest BCUT2D eigenvalue weighted by molar-refractivity contribution is 6.19. The Kier molecular flexibility index (Phi) is 8.13. The molecule has 284 valence electrons. The van der Waals surface area contributed by atoms with Crippen molar-refractivity contribution in [2.24, 2.45) is 0 Å². The van der Waals surface area contributed by atoms with E-state index in [1.54, 1.807) is 0 Å². The maximum atomic E-state index is 6.94. The van der Waals surface area contributed by atoms with Crippen LogP contribution in [-0.4, -0.2) is 15.0 Å². The number of hydrogen-bond donors (Lipinski definition) is 0. The molecule has 0 aliphatic carbocycles. The molecule has 0 amide bonds. The van der Waals surface area contributed by atoms with Crippen molar-refractivity contribution in [3.63, 3.8) is 0 Å². The fourth-order valence-electron chi connectivity index (χ4n) is 8.90. The first-order chi connectivity index (χ1) is 30.2. The van der Waals surface area contributed by atoms with Crippen LogP contribution in [0.3, 0.4) is 0 Å². The molecule has 0 fully saturated rings. The van der Waals surface area contributed by atoms with Crippen molar-refractivity contribution in [2.75, 3.05) is 0 Å². The molecule has 0 radical (unpaired) electrons. The van der Waals surface area contributed by atoms with E-state index in [0.717, 1.165) is 77.0 Å². The van der Waals surface area contributed by atoms with Crippen LogP contribution in [0.4, 0.5) is 0 Å². The second-order valence-corrected chi connectivity index (χ2v) is 15.5. The third-order valence-corrected chi connectivity index (χ3v) is 11.9. The first kappa shape index (κ1) is 34.8. The topological polar surface area (TPSA) is 51.8 Å². The predicted octanol–water partition coefficient (Wildman–Crippen LogP) is 15.2.